The Morgan fingerprint density at radius 3 is 3.00 bits per heavy atom. The summed E-state index contributed by atoms with van der Waals surface area (Å²) in [6.07, 6.45) is 0.599. The van der Waals surface area contributed by atoms with Crippen LogP contribution < -0.4 is 11.0 Å². The Morgan fingerprint density at radius 1 is 1.50 bits per heavy atom. The number of fused-ring (bicyclic) bond motifs is 1. The van der Waals surface area contributed by atoms with Gasteiger partial charge in [0.15, 0.2) is 0 Å². The predicted molar refractivity (Wildman–Crippen MR) is 53.2 cm³/mol. The van der Waals surface area contributed by atoms with E-state index in [1.54, 1.807) is 25.2 Å². The summed E-state index contributed by atoms with van der Waals surface area (Å²) in [5.41, 5.74) is 2.02. The second-order valence-electron chi connectivity index (χ2n) is 2.98. The second kappa shape index (κ2) is 3.02. The lowest BCUT2D eigenvalue weighted by Gasteiger charge is -1.98. The highest BCUT2D eigenvalue weighted by atomic mass is 16.1. The molecular weight excluding hydrogens is 182 g/mol. The zero-order chi connectivity index (χ0) is 10.1. The van der Waals surface area contributed by atoms with Crippen LogP contribution in [0.25, 0.3) is 11.0 Å². The summed E-state index contributed by atoms with van der Waals surface area (Å²) in [4.78, 5) is 24.1. The van der Waals surface area contributed by atoms with Crippen molar-refractivity contribution in [1.29, 1.82) is 0 Å². The summed E-state index contributed by atoms with van der Waals surface area (Å²) < 4.78 is 1.51. The Morgan fingerprint density at radius 2 is 2.29 bits per heavy atom. The van der Waals surface area contributed by atoms with E-state index in [0.717, 1.165) is 5.52 Å². The summed E-state index contributed by atoms with van der Waals surface area (Å²) in [6.45, 7) is 0. The predicted octanol–water partition coefficient (Wildman–Crippen LogP) is 0.435. The summed E-state index contributed by atoms with van der Waals surface area (Å²) >= 11 is 0. The number of amides is 1. The first-order chi connectivity index (χ1) is 6.72. The quantitative estimate of drug-likeness (QED) is 0.676. The van der Waals surface area contributed by atoms with Crippen molar-refractivity contribution >= 4 is 23.1 Å². The molecule has 1 heterocycles. The highest BCUT2D eigenvalue weighted by molar-refractivity contribution is 5.83. The first-order valence-corrected chi connectivity index (χ1v) is 4.11. The van der Waals surface area contributed by atoms with Crippen LogP contribution >= 0.6 is 0 Å². The van der Waals surface area contributed by atoms with Gasteiger partial charge in [0.05, 0.1) is 11.0 Å². The van der Waals surface area contributed by atoms with Crippen LogP contribution in [0.15, 0.2) is 23.0 Å². The van der Waals surface area contributed by atoms with Gasteiger partial charge in [-0.25, -0.2) is 4.79 Å². The first kappa shape index (κ1) is 8.55. The van der Waals surface area contributed by atoms with E-state index >= 15 is 0 Å². The number of rotatable bonds is 2. The molecule has 72 valence electrons. The van der Waals surface area contributed by atoms with Crippen LogP contribution in [0.5, 0.6) is 0 Å². The van der Waals surface area contributed by atoms with E-state index < -0.39 is 0 Å². The molecule has 2 aromatic rings. The molecule has 2 N–H and O–H groups in total. The lowest BCUT2D eigenvalue weighted by Crippen LogP contribution is -2.11. The summed E-state index contributed by atoms with van der Waals surface area (Å²) in [6, 6.07) is 5.23. The molecule has 0 aliphatic heterocycles. The van der Waals surface area contributed by atoms with Gasteiger partial charge in [-0.15, -0.1) is 0 Å². The van der Waals surface area contributed by atoms with Crippen LogP contribution in [-0.2, 0) is 11.8 Å². The number of nitrogens with one attached hydrogen (secondary N) is 2. The molecule has 0 aliphatic carbocycles. The van der Waals surface area contributed by atoms with Gasteiger partial charge in [-0.2, -0.15) is 0 Å². The fourth-order valence-corrected chi connectivity index (χ4v) is 1.39. The van der Waals surface area contributed by atoms with E-state index in [2.05, 4.69) is 10.3 Å². The van der Waals surface area contributed by atoms with Crippen molar-refractivity contribution in [3.8, 4) is 0 Å². The van der Waals surface area contributed by atoms with E-state index in [1.807, 2.05) is 0 Å². The molecule has 1 aromatic carbocycles. The lowest BCUT2D eigenvalue weighted by atomic mass is 10.3. The molecule has 5 heteroatoms. The number of nitrogens with zero attached hydrogens (tertiary/aromatic N) is 1. The Bertz CT molecular complexity index is 538. The molecule has 0 radical (unpaired) electrons. The number of aromatic nitrogens is 2. The number of hydrogen-bond donors (Lipinski definition) is 2. The zero-order valence-corrected chi connectivity index (χ0v) is 7.57. The molecular formula is C9H9N3O2. The van der Waals surface area contributed by atoms with Crippen LogP contribution in [0.1, 0.15) is 0 Å². The number of carbonyl (C=O) groups excluding carboxylic acids is 1. The molecule has 1 amide bonds. The van der Waals surface area contributed by atoms with Gasteiger partial charge in [-0.1, -0.05) is 0 Å². The Kier molecular flexibility index (Phi) is 1.85. The Hall–Kier alpha value is -2.04. The van der Waals surface area contributed by atoms with Gasteiger partial charge in [0.25, 0.3) is 0 Å². The van der Waals surface area contributed by atoms with Crippen LogP contribution in [0.4, 0.5) is 5.69 Å². The lowest BCUT2D eigenvalue weighted by molar-refractivity contribution is -0.105. The maximum atomic E-state index is 11.2. The normalized spacial score (nSPS) is 10.4. The first-order valence-electron chi connectivity index (χ1n) is 4.11. The number of imidazole rings is 1. The van der Waals surface area contributed by atoms with Gasteiger partial charge in [0.1, 0.15) is 0 Å². The number of H-pyrrole nitrogens is 1. The van der Waals surface area contributed by atoms with Gasteiger partial charge in [-0.05, 0) is 18.2 Å². The average Bonchev–Trinajstić information content (AvgIpc) is 2.43. The van der Waals surface area contributed by atoms with Crippen molar-refractivity contribution < 1.29 is 4.79 Å². The van der Waals surface area contributed by atoms with Gasteiger partial charge in [0.2, 0.25) is 6.41 Å². The van der Waals surface area contributed by atoms with Crippen LogP contribution in [0.3, 0.4) is 0 Å². The number of hydrogen-bond acceptors (Lipinski definition) is 2. The van der Waals surface area contributed by atoms with Crippen LogP contribution in [0, 0.1) is 0 Å². The van der Waals surface area contributed by atoms with Crippen molar-refractivity contribution in [2.75, 3.05) is 5.32 Å². The van der Waals surface area contributed by atoms with E-state index in [9.17, 15) is 9.59 Å². The third-order valence-corrected chi connectivity index (χ3v) is 2.13. The zero-order valence-electron chi connectivity index (χ0n) is 7.57. The maximum absolute atomic E-state index is 11.2. The van der Waals surface area contributed by atoms with E-state index in [4.69, 9.17) is 0 Å². The number of anilines is 1. The van der Waals surface area contributed by atoms with E-state index in [-0.39, 0.29) is 5.69 Å². The molecule has 0 atom stereocenters. The summed E-state index contributed by atoms with van der Waals surface area (Å²) in [7, 11) is 1.69. The number of carbonyl (C=O) groups is 1. The standard InChI is InChI=1S/C9H9N3O2/c1-12-8-3-2-6(10-5-13)4-7(8)11-9(12)14/h2-5H,1H3,(H,10,13)(H,11,14). The Labute approximate surface area is 79.4 Å². The van der Waals surface area contributed by atoms with Crippen molar-refractivity contribution in [1.82, 2.24) is 9.55 Å². The van der Waals surface area contributed by atoms with Gasteiger partial charge in [0, 0.05) is 12.7 Å². The molecule has 0 saturated heterocycles. The fourth-order valence-electron chi connectivity index (χ4n) is 1.39. The number of aromatic amines is 1. The SMILES string of the molecule is Cn1c(=O)[nH]c2cc(NC=O)ccc21. The molecule has 0 fully saturated rings. The molecule has 5 nitrogen and oxygen atoms in total. The minimum Gasteiger partial charge on any atom is -0.329 e. The molecule has 0 spiro atoms. The molecule has 14 heavy (non-hydrogen) atoms. The topological polar surface area (TPSA) is 66.9 Å². The summed E-state index contributed by atoms with van der Waals surface area (Å²) in [5.74, 6) is 0. The molecule has 0 bridgehead atoms. The van der Waals surface area contributed by atoms with Crippen molar-refractivity contribution in [3.05, 3.63) is 28.7 Å². The minimum atomic E-state index is -0.164. The van der Waals surface area contributed by atoms with E-state index in [0.29, 0.717) is 17.6 Å². The fraction of sp³-hybridized carbons (Fsp3) is 0.111. The second-order valence-corrected chi connectivity index (χ2v) is 2.98. The molecule has 0 saturated carbocycles. The average molecular weight is 191 g/mol. The van der Waals surface area contributed by atoms with Crippen molar-refractivity contribution in [3.63, 3.8) is 0 Å². The highest BCUT2D eigenvalue weighted by Crippen LogP contribution is 2.14. The van der Waals surface area contributed by atoms with Crippen molar-refractivity contribution in [2.24, 2.45) is 7.05 Å². The maximum Gasteiger partial charge on any atom is 0.326 e. The highest BCUT2D eigenvalue weighted by Gasteiger charge is 2.02. The molecule has 2 rings (SSSR count). The number of benzene rings is 1. The molecule has 0 unspecified atom stereocenters. The van der Waals surface area contributed by atoms with Crippen molar-refractivity contribution in [2.45, 2.75) is 0 Å². The monoisotopic (exact) mass is 191 g/mol. The molecule has 1 aromatic heterocycles. The Balaban J connectivity index is 2.67. The van der Waals surface area contributed by atoms with E-state index in [1.165, 1.54) is 4.57 Å². The number of aryl methyl sites for hydroxylation is 1. The molecule has 0 aliphatic rings. The third kappa shape index (κ3) is 1.19. The van der Waals surface area contributed by atoms with Gasteiger partial charge < -0.3 is 10.3 Å². The minimum absolute atomic E-state index is 0.164. The van der Waals surface area contributed by atoms with Gasteiger partial charge in [-0.3, -0.25) is 9.36 Å². The third-order valence-electron chi connectivity index (χ3n) is 2.13. The van der Waals surface area contributed by atoms with Crippen LogP contribution in [-0.4, -0.2) is 16.0 Å². The summed E-state index contributed by atoms with van der Waals surface area (Å²) in [5, 5.41) is 2.52. The largest absolute Gasteiger partial charge is 0.329 e. The van der Waals surface area contributed by atoms with Crippen LogP contribution in [0.2, 0.25) is 0 Å². The smallest absolute Gasteiger partial charge is 0.326 e. The van der Waals surface area contributed by atoms with Gasteiger partial charge >= 0.3 is 5.69 Å².